The highest BCUT2D eigenvalue weighted by molar-refractivity contribution is 6.11. The lowest BCUT2D eigenvalue weighted by molar-refractivity contribution is 0.0974. The lowest BCUT2D eigenvalue weighted by Crippen LogP contribution is -2.37. The quantitative estimate of drug-likeness (QED) is 0.466. The van der Waals surface area contributed by atoms with E-state index in [4.69, 9.17) is 10.8 Å². The minimum absolute atomic E-state index is 0.0269. The zero-order valence-corrected chi connectivity index (χ0v) is 13.9. The summed E-state index contributed by atoms with van der Waals surface area (Å²) < 4.78 is 14.0. The molecule has 0 aliphatic rings. The number of aliphatic imine (C=N–C) groups is 1. The van der Waals surface area contributed by atoms with Gasteiger partial charge in [-0.15, -0.1) is 0 Å². The van der Waals surface area contributed by atoms with E-state index in [1.807, 2.05) is 6.07 Å². The molecule has 0 atom stereocenters. The molecule has 0 spiro atoms. The number of amides is 1. The van der Waals surface area contributed by atoms with E-state index in [2.05, 4.69) is 10.3 Å². The summed E-state index contributed by atoms with van der Waals surface area (Å²) in [5.41, 5.74) is 4.61. The Morgan fingerprint density at radius 1 is 1.26 bits per heavy atom. The summed E-state index contributed by atoms with van der Waals surface area (Å²) in [5.74, 6) is -2.56. The number of hydrogen-bond acceptors (Lipinski definition) is 6. The van der Waals surface area contributed by atoms with Crippen LogP contribution >= 0.6 is 0 Å². The smallest absolute Gasteiger partial charge is 0.262 e. The van der Waals surface area contributed by atoms with Crippen molar-refractivity contribution >= 4 is 11.9 Å². The van der Waals surface area contributed by atoms with Gasteiger partial charge in [0.05, 0.1) is 35.9 Å². The standard InChI is InChI=1S/C18H14FN5O3/c19-13-3-1-2-11(12(13)9-21)15-10(8-20)4-5-14(26)16(15)17(27)24-18(22)23-6-7-25/h1-5,25-26H,6-7H2,(H3,22,23,24,27). The van der Waals surface area contributed by atoms with Crippen LogP contribution in [-0.4, -0.2) is 35.2 Å². The van der Waals surface area contributed by atoms with E-state index in [9.17, 15) is 24.8 Å². The maximum Gasteiger partial charge on any atom is 0.262 e. The summed E-state index contributed by atoms with van der Waals surface area (Å²) in [6.45, 7) is -0.336. The number of phenols is 1. The van der Waals surface area contributed by atoms with Crippen LogP contribution in [0.1, 0.15) is 21.5 Å². The maximum absolute atomic E-state index is 14.0. The first-order valence-corrected chi connectivity index (χ1v) is 7.61. The number of aromatic hydroxyl groups is 1. The van der Waals surface area contributed by atoms with Crippen LogP contribution in [0, 0.1) is 28.5 Å². The Hall–Kier alpha value is -3.95. The molecule has 1 amide bonds. The van der Waals surface area contributed by atoms with Crippen molar-refractivity contribution in [1.29, 1.82) is 10.5 Å². The van der Waals surface area contributed by atoms with E-state index in [-0.39, 0.29) is 46.9 Å². The van der Waals surface area contributed by atoms with Gasteiger partial charge in [-0.05, 0) is 18.2 Å². The minimum Gasteiger partial charge on any atom is -0.507 e. The number of nitrogens with two attached hydrogens (primary N) is 1. The fraction of sp³-hybridized carbons (Fsp3) is 0.111. The second-order valence-electron chi connectivity index (χ2n) is 5.21. The molecule has 0 heterocycles. The number of aliphatic hydroxyl groups excluding tert-OH is 1. The summed E-state index contributed by atoms with van der Waals surface area (Å²) in [7, 11) is 0. The van der Waals surface area contributed by atoms with Crippen molar-refractivity contribution in [3.63, 3.8) is 0 Å². The van der Waals surface area contributed by atoms with Gasteiger partial charge in [-0.25, -0.2) is 4.39 Å². The van der Waals surface area contributed by atoms with Crippen molar-refractivity contribution in [2.45, 2.75) is 0 Å². The molecule has 9 heteroatoms. The van der Waals surface area contributed by atoms with Crippen LogP contribution in [0.15, 0.2) is 35.3 Å². The molecule has 5 N–H and O–H groups in total. The molecule has 0 saturated carbocycles. The maximum atomic E-state index is 14.0. The highest BCUT2D eigenvalue weighted by Gasteiger charge is 2.24. The Morgan fingerprint density at radius 2 is 2.00 bits per heavy atom. The summed E-state index contributed by atoms with van der Waals surface area (Å²) in [6, 6.07) is 9.67. The zero-order valence-electron chi connectivity index (χ0n) is 13.9. The molecule has 2 rings (SSSR count). The molecule has 0 radical (unpaired) electrons. The molecule has 0 aliphatic carbocycles. The SMILES string of the molecule is N#Cc1ccc(O)c(C(=O)NC(N)=NCCO)c1-c1cccc(F)c1C#N. The van der Waals surface area contributed by atoms with Crippen molar-refractivity contribution in [3.05, 3.63) is 52.8 Å². The number of guanidine groups is 1. The van der Waals surface area contributed by atoms with Crippen molar-refractivity contribution in [1.82, 2.24) is 5.32 Å². The van der Waals surface area contributed by atoms with Gasteiger partial charge in [0, 0.05) is 11.1 Å². The van der Waals surface area contributed by atoms with Gasteiger partial charge >= 0.3 is 0 Å². The Balaban J connectivity index is 2.71. The van der Waals surface area contributed by atoms with E-state index in [1.54, 1.807) is 6.07 Å². The van der Waals surface area contributed by atoms with Gasteiger partial charge in [0.2, 0.25) is 0 Å². The predicted octanol–water partition coefficient (Wildman–Crippen LogP) is 0.978. The number of aliphatic hydroxyl groups is 1. The van der Waals surface area contributed by atoms with Crippen LogP contribution in [0.5, 0.6) is 5.75 Å². The number of benzene rings is 2. The number of carbonyl (C=O) groups is 1. The van der Waals surface area contributed by atoms with Crippen molar-refractivity contribution in [2.75, 3.05) is 13.2 Å². The number of phenolic OH excluding ortho intramolecular Hbond substituents is 1. The monoisotopic (exact) mass is 367 g/mol. The van der Waals surface area contributed by atoms with Crippen LogP contribution < -0.4 is 11.1 Å². The molecule has 0 fully saturated rings. The summed E-state index contributed by atoms with van der Waals surface area (Å²) in [5, 5.41) is 39.8. The third-order valence-electron chi connectivity index (χ3n) is 3.55. The molecule has 0 aromatic heterocycles. The predicted molar refractivity (Wildman–Crippen MR) is 94.0 cm³/mol. The fourth-order valence-electron chi connectivity index (χ4n) is 2.43. The molecule has 0 unspecified atom stereocenters. The van der Waals surface area contributed by atoms with Gasteiger partial charge in [0.1, 0.15) is 17.6 Å². The molecule has 136 valence electrons. The van der Waals surface area contributed by atoms with Crippen LogP contribution in [-0.2, 0) is 0 Å². The Morgan fingerprint density at radius 3 is 2.63 bits per heavy atom. The molecule has 0 saturated heterocycles. The van der Waals surface area contributed by atoms with E-state index in [1.165, 1.54) is 18.2 Å². The third-order valence-corrected chi connectivity index (χ3v) is 3.55. The lowest BCUT2D eigenvalue weighted by atomic mass is 9.90. The summed E-state index contributed by atoms with van der Waals surface area (Å²) in [4.78, 5) is 16.3. The van der Waals surface area contributed by atoms with E-state index < -0.39 is 17.5 Å². The number of hydrogen-bond donors (Lipinski definition) is 4. The number of nitrogens with one attached hydrogen (secondary N) is 1. The van der Waals surface area contributed by atoms with E-state index in [0.29, 0.717) is 0 Å². The first kappa shape index (κ1) is 19.4. The van der Waals surface area contributed by atoms with Gasteiger partial charge in [0.25, 0.3) is 5.91 Å². The zero-order chi connectivity index (χ0) is 20.0. The number of nitriles is 2. The highest BCUT2D eigenvalue weighted by atomic mass is 19.1. The first-order chi connectivity index (χ1) is 12.9. The molecule has 2 aromatic carbocycles. The molecule has 27 heavy (non-hydrogen) atoms. The molecule has 0 aliphatic heterocycles. The largest absolute Gasteiger partial charge is 0.507 e. The first-order valence-electron chi connectivity index (χ1n) is 7.61. The van der Waals surface area contributed by atoms with Gasteiger partial charge in [-0.2, -0.15) is 10.5 Å². The van der Waals surface area contributed by atoms with E-state index in [0.717, 1.165) is 12.1 Å². The number of nitrogens with zero attached hydrogens (tertiary/aromatic N) is 3. The number of carbonyl (C=O) groups excluding carboxylic acids is 1. The number of halogens is 1. The average Bonchev–Trinajstić information content (AvgIpc) is 2.65. The second kappa shape index (κ2) is 8.43. The second-order valence-corrected chi connectivity index (χ2v) is 5.21. The lowest BCUT2D eigenvalue weighted by Gasteiger charge is -2.14. The Bertz CT molecular complexity index is 1010. The van der Waals surface area contributed by atoms with Crippen molar-refractivity contribution in [3.8, 4) is 29.0 Å². The molecular formula is C18H14FN5O3. The third kappa shape index (κ3) is 4.00. The van der Waals surface area contributed by atoms with E-state index >= 15 is 0 Å². The molecule has 2 aromatic rings. The molecule has 8 nitrogen and oxygen atoms in total. The average molecular weight is 367 g/mol. The Kier molecular flexibility index (Phi) is 6.05. The summed E-state index contributed by atoms with van der Waals surface area (Å²) >= 11 is 0. The van der Waals surface area contributed by atoms with Gasteiger partial charge in [-0.1, -0.05) is 12.1 Å². The summed E-state index contributed by atoms with van der Waals surface area (Å²) in [6.07, 6.45) is 0. The van der Waals surface area contributed by atoms with Gasteiger partial charge in [-0.3, -0.25) is 15.1 Å². The minimum atomic E-state index is -0.910. The van der Waals surface area contributed by atoms with Crippen LogP contribution in [0.25, 0.3) is 11.1 Å². The highest BCUT2D eigenvalue weighted by Crippen LogP contribution is 2.35. The van der Waals surface area contributed by atoms with Crippen LogP contribution in [0.3, 0.4) is 0 Å². The molecular weight excluding hydrogens is 353 g/mol. The van der Waals surface area contributed by atoms with Crippen molar-refractivity contribution < 1.29 is 19.4 Å². The Labute approximate surface area is 153 Å². The van der Waals surface area contributed by atoms with Gasteiger partial charge < -0.3 is 15.9 Å². The number of rotatable bonds is 4. The normalized spacial score (nSPS) is 10.7. The molecule has 0 bridgehead atoms. The topological polar surface area (TPSA) is 156 Å². The van der Waals surface area contributed by atoms with Crippen molar-refractivity contribution in [2.24, 2.45) is 10.7 Å². The fourth-order valence-corrected chi connectivity index (χ4v) is 2.43. The van der Waals surface area contributed by atoms with Crippen LogP contribution in [0.2, 0.25) is 0 Å². The van der Waals surface area contributed by atoms with Gasteiger partial charge in [0.15, 0.2) is 5.96 Å². The van der Waals surface area contributed by atoms with Crippen LogP contribution in [0.4, 0.5) is 4.39 Å².